The maximum atomic E-state index is 12.2. The van der Waals surface area contributed by atoms with Crippen molar-refractivity contribution in [2.75, 3.05) is 0 Å². The standard InChI is InChI=1S/C16H18ClN3O/c1-3-4-14-7-12(8-15(17)20-14)16(21)19-10-13-9-18-6-5-11(13)2/h5-9H,3-4,10H2,1-2H3,(H,19,21). The van der Waals surface area contributed by atoms with Gasteiger partial charge in [0.15, 0.2) is 0 Å². The summed E-state index contributed by atoms with van der Waals surface area (Å²) in [5.74, 6) is -0.153. The van der Waals surface area contributed by atoms with Gasteiger partial charge in [0.05, 0.1) is 0 Å². The third-order valence-corrected chi connectivity index (χ3v) is 3.40. The van der Waals surface area contributed by atoms with Crippen molar-refractivity contribution >= 4 is 17.5 Å². The first kappa shape index (κ1) is 15.4. The molecule has 1 amide bonds. The van der Waals surface area contributed by atoms with Crippen molar-refractivity contribution in [2.24, 2.45) is 0 Å². The number of amides is 1. The summed E-state index contributed by atoms with van der Waals surface area (Å²) in [6.45, 7) is 4.50. The average Bonchev–Trinajstić information content (AvgIpc) is 2.46. The Morgan fingerprint density at radius 2 is 2.19 bits per heavy atom. The summed E-state index contributed by atoms with van der Waals surface area (Å²) in [6.07, 6.45) is 5.27. The highest BCUT2D eigenvalue weighted by molar-refractivity contribution is 6.29. The predicted octanol–water partition coefficient (Wildman–Crippen LogP) is 3.32. The van der Waals surface area contributed by atoms with Crippen LogP contribution in [0.2, 0.25) is 5.15 Å². The molecule has 0 fully saturated rings. The highest BCUT2D eigenvalue weighted by Crippen LogP contribution is 2.13. The lowest BCUT2D eigenvalue weighted by Gasteiger charge is -2.08. The molecule has 21 heavy (non-hydrogen) atoms. The number of hydrogen-bond acceptors (Lipinski definition) is 3. The average molecular weight is 304 g/mol. The molecule has 5 heteroatoms. The van der Waals surface area contributed by atoms with Gasteiger partial charge >= 0.3 is 0 Å². The van der Waals surface area contributed by atoms with Crippen LogP contribution in [-0.2, 0) is 13.0 Å². The van der Waals surface area contributed by atoms with E-state index in [1.807, 2.05) is 13.0 Å². The zero-order valence-electron chi connectivity index (χ0n) is 12.2. The van der Waals surface area contributed by atoms with Crippen molar-refractivity contribution in [1.82, 2.24) is 15.3 Å². The summed E-state index contributed by atoms with van der Waals surface area (Å²) in [7, 11) is 0. The quantitative estimate of drug-likeness (QED) is 0.862. The van der Waals surface area contributed by atoms with E-state index in [9.17, 15) is 4.79 Å². The van der Waals surface area contributed by atoms with Gasteiger partial charge in [0.25, 0.3) is 5.91 Å². The molecule has 0 radical (unpaired) electrons. The number of aromatic nitrogens is 2. The van der Waals surface area contributed by atoms with Crippen molar-refractivity contribution in [3.63, 3.8) is 0 Å². The molecule has 1 N–H and O–H groups in total. The Morgan fingerprint density at radius 3 is 2.90 bits per heavy atom. The second-order valence-electron chi connectivity index (χ2n) is 4.90. The lowest BCUT2D eigenvalue weighted by molar-refractivity contribution is 0.0950. The van der Waals surface area contributed by atoms with E-state index in [0.717, 1.165) is 29.7 Å². The molecule has 0 aromatic carbocycles. The topological polar surface area (TPSA) is 54.9 Å². The van der Waals surface area contributed by atoms with E-state index in [2.05, 4.69) is 22.2 Å². The summed E-state index contributed by atoms with van der Waals surface area (Å²) in [6, 6.07) is 5.30. The number of nitrogens with one attached hydrogen (secondary N) is 1. The van der Waals surface area contributed by atoms with Gasteiger partial charge in [-0.25, -0.2) is 4.98 Å². The van der Waals surface area contributed by atoms with Crippen LogP contribution in [0.5, 0.6) is 0 Å². The van der Waals surface area contributed by atoms with Crippen LogP contribution < -0.4 is 5.32 Å². The number of nitrogens with zero attached hydrogens (tertiary/aromatic N) is 2. The fourth-order valence-corrected chi connectivity index (χ4v) is 2.25. The fourth-order valence-electron chi connectivity index (χ4n) is 2.03. The highest BCUT2D eigenvalue weighted by atomic mass is 35.5. The molecule has 0 saturated heterocycles. The van der Waals surface area contributed by atoms with Crippen molar-refractivity contribution in [1.29, 1.82) is 0 Å². The minimum Gasteiger partial charge on any atom is -0.348 e. The molecular formula is C16H18ClN3O. The normalized spacial score (nSPS) is 10.4. The Balaban J connectivity index is 2.08. The number of halogens is 1. The number of pyridine rings is 2. The minimum absolute atomic E-state index is 0.153. The maximum Gasteiger partial charge on any atom is 0.251 e. The van der Waals surface area contributed by atoms with Crippen LogP contribution in [0.3, 0.4) is 0 Å². The number of carbonyl (C=O) groups is 1. The molecular weight excluding hydrogens is 286 g/mol. The first-order chi connectivity index (χ1) is 10.1. The van der Waals surface area contributed by atoms with Gasteiger partial charge in [-0.3, -0.25) is 9.78 Å². The summed E-state index contributed by atoms with van der Waals surface area (Å²) in [5, 5.41) is 3.24. The third kappa shape index (κ3) is 4.26. The molecule has 0 bridgehead atoms. The van der Waals surface area contributed by atoms with Gasteiger partial charge in [-0.2, -0.15) is 0 Å². The molecule has 0 saturated carbocycles. The molecule has 2 heterocycles. The van der Waals surface area contributed by atoms with Gasteiger partial charge in [-0.15, -0.1) is 0 Å². The Kier molecular flexibility index (Phi) is 5.28. The van der Waals surface area contributed by atoms with Gasteiger partial charge < -0.3 is 5.32 Å². The zero-order chi connectivity index (χ0) is 15.2. The molecule has 0 unspecified atom stereocenters. The van der Waals surface area contributed by atoms with Crippen molar-refractivity contribution < 1.29 is 4.79 Å². The fraction of sp³-hybridized carbons (Fsp3) is 0.312. The first-order valence-electron chi connectivity index (χ1n) is 6.94. The lowest BCUT2D eigenvalue weighted by Crippen LogP contribution is -2.23. The molecule has 2 rings (SSSR count). The zero-order valence-corrected chi connectivity index (χ0v) is 12.9. The Morgan fingerprint density at radius 1 is 1.38 bits per heavy atom. The highest BCUT2D eigenvalue weighted by Gasteiger charge is 2.09. The SMILES string of the molecule is CCCc1cc(C(=O)NCc2cnccc2C)cc(Cl)n1. The molecule has 4 nitrogen and oxygen atoms in total. The molecule has 0 aliphatic rings. The summed E-state index contributed by atoms with van der Waals surface area (Å²) < 4.78 is 0. The van der Waals surface area contributed by atoms with Crippen LogP contribution in [0.25, 0.3) is 0 Å². The molecule has 2 aromatic rings. The largest absolute Gasteiger partial charge is 0.348 e. The summed E-state index contributed by atoms with van der Waals surface area (Å²) in [4.78, 5) is 20.5. The molecule has 0 aliphatic heterocycles. The summed E-state index contributed by atoms with van der Waals surface area (Å²) in [5.41, 5.74) is 3.48. The van der Waals surface area contributed by atoms with Gasteiger partial charge in [0, 0.05) is 30.2 Å². The number of carbonyl (C=O) groups excluding carboxylic acids is 1. The monoisotopic (exact) mass is 303 g/mol. The smallest absolute Gasteiger partial charge is 0.251 e. The van der Waals surface area contributed by atoms with E-state index in [1.165, 1.54) is 0 Å². The van der Waals surface area contributed by atoms with Crippen LogP contribution in [0.1, 0.15) is 40.5 Å². The van der Waals surface area contributed by atoms with E-state index < -0.39 is 0 Å². The third-order valence-electron chi connectivity index (χ3n) is 3.20. The van der Waals surface area contributed by atoms with Crippen LogP contribution in [0, 0.1) is 6.92 Å². The van der Waals surface area contributed by atoms with E-state index in [0.29, 0.717) is 17.3 Å². The van der Waals surface area contributed by atoms with Gasteiger partial charge in [0.1, 0.15) is 5.15 Å². The van der Waals surface area contributed by atoms with Gasteiger partial charge in [-0.1, -0.05) is 24.9 Å². The maximum absolute atomic E-state index is 12.2. The van der Waals surface area contributed by atoms with Crippen molar-refractivity contribution in [3.05, 3.63) is 58.1 Å². The van der Waals surface area contributed by atoms with Crippen LogP contribution >= 0.6 is 11.6 Å². The molecule has 0 spiro atoms. The van der Waals surface area contributed by atoms with Crippen molar-refractivity contribution in [3.8, 4) is 0 Å². The van der Waals surface area contributed by atoms with E-state index in [-0.39, 0.29) is 5.91 Å². The number of hydrogen-bond donors (Lipinski definition) is 1. The van der Waals surface area contributed by atoms with E-state index in [4.69, 9.17) is 11.6 Å². The van der Waals surface area contributed by atoms with Crippen LogP contribution in [-0.4, -0.2) is 15.9 Å². The van der Waals surface area contributed by atoms with Gasteiger partial charge in [-0.05, 0) is 42.7 Å². The molecule has 0 atom stereocenters. The Hall–Kier alpha value is -1.94. The Bertz CT molecular complexity index is 643. The summed E-state index contributed by atoms with van der Waals surface area (Å²) >= 11 is 5.97. The van der Waals surface area contributed by atoms with Crippen LogP contribution in [0.4, 0.5) is 0 Å². The van der Waals surface area contributed by atoms with Crippen LogP contribution in [0.15, 0.2) is 30.6 Å². The van der Waals surface area contributed by atoms with Crippen molar-refractivity contribution in [2.45, 2.75) is 33.2 Å². The van der Waals surface area contributed by atoms with E-state index >= 15 is 0 Å². The second kappa shape index (κ2) is 7.18. The van der Waals surface area contributed by atoms with E-state index in [1.54, 1.807) is 24.5 Å². The molecule has 0 aliphatic carbocycles. The molecule has 110 valence electrons. The predicted molar refractivity (Wildman–Crippen MR) is 83.4 cm³/mol. The lowest BCUT2D eigenvalue weighted by atomic mass is 10.1. The second-order valence-corrected chi connectivity index (χ2v) is 5.29. The van der Waals surface area contributed by atoms with Gasteiger partial charge in [0.2, 0.25) is 0 Å². The minimum atomic E-state index is -0.153. The Labute approximate surface area is 129 Å². The molecule has 2 aromatic heterocycles. The number of aryl methyl sites for hydroxylation is 2. The first-order valence-corrected chi connectivity index (χ1v) is 7.32. The number of rotatable bonds is 5.